The van der Waals surface area contributed by atoms with Crippen LogP contribution in [-0.2, 0) is 5.75 Å². The summed E-state index contributed by atoms with van der Waals surface area (Å²) < 4.78 is 14.7. The van der Waals surface area contributed by atoms with E-state index in [-0.39, 0.29) is 11.7 Å². The van der Waals surface area contributed by atoms with Gasteiger partial charge in [-0.1, -0.05) is 13.0 Å². The van der Waals surface area contributed by atoms with E-state index in [1.54, 1.807) is 17.8 Å². The minimum atomic E-state index is -0.359. The highest BCUT2D eigenvalue weighted by Gasteiger charge is 2.19. The summed E-state index contributed by atoms with van der Waals surface area (Å²) in [4.78, 5) is 12.2. The van der Waals surface area contributed by atoms with E-state index in [1.807, 2.05) is 13.0 Å². The van der Waals surface area contributed by atoms with Gasteiger partial charge in [0.15, 0.2) is 0 Å². The first-order valence-electron chi connectivity index (χ1n) is 5.47. The molecule has 1 amide bonds. The van der Waals surface area contributed by atoms with Gasteiger partial charge < -0.3 is 0 Å². The number of hydrazine groups is 1. The van der Waals surface area contributed by atoms with Crippen LogP contribution >= 0.6 is 23.1 Å². The fourth-order valence-corrected chi connectivity index (χ4v) is 3.68. The van der Waals surface area contributed by atoms with Crippen LogP contribution in [0.1, 0.15) is 22.2 Å². The molecule has 0 aliphatic heterocycles. The summed E-state index contributed by atoms with van der Waals surface area (Å²) in [5.41, 5.74) is 2.86. The number of halogens is 1. The lowest BCUT2D eigenvalue weighted by Crippen LogP contribution is -2.29. The van der Waals surface area contributed by atoms with E-state index in [9.17, 15) is 9.18 Å². The number of thiophene rings is 1. The van der Waals surface area contributed by atoms with Crippen molar-refractivity contribution in [2.75, 3.05) is 5.75 Å². The van der Waals surface area contributed by atoms with Gasteiger partial charge >= 0.3 is 0 Å². The van der Waals surface area contributed by atoms with Gasteiger partial charge in [0, 0.05) is 15.8 Å². The van der Waals surface area contributed by atoms with Gasteiger partial charge in [-0.3, -0.25) is 10.2 Å². The molecule has 96 valence electrons. The number of rotatable bonds is 4. The number of nitrogen functional groups attached to an aromatic ring is 1. The molecule has 0 saturated carbocycles. The maximum absolute atomic E-state index is 13.9. The van der Waals surface area contributed by atoms with Gasteiger partial charge in [-0.05, 0) is 23.4 Å². The van der Waals surface area contributed by atoms with Crippen molar-refractivity contribution in [2.45, 2.75) is 12.7 Å². The third kappa shape index (κ3) is 2.36. The van der Waals surface area contributed by atoms with Gasteiger partial charge in [0.05, 0.1) is 4.88 Å². The fraction of sp³-hybridized carbons (Fsp3) is 0.250. The Labute approximate surface area is 113 Å². The molecule has 1 aromatic heterocycles. The molecule has 0 bridgehead atoms. The van der Waals surface area contributed by atoms with E-state index in [0.717, 1.165) is 16.0 Å². The third-order valence-corrected chi connectivity index (χ3v) is 4.65. The minimum Gasteiger partial charge on any atom is -0.289 e. The second-order valence-electron chi connectivity index (χ2n) is 3.63. The van der Waals surface area contributed by atoms with E-state index < -0.39 is 0 Å². The summed E-state index contributed by atoms with van der Waals surface area (Å²) in [5.74, 6) is 6.05. The number of hydrogen-bond acceptors (Lipinski definition) is 4. The minimum absolute atomic E-state index is 0.286. The maximum atomic E-state index is 13.9. The lowest BCUT2D eigenvalue weighted by Gasteiger charge is -2.03. The summed E-state index contributed by atoms with van der Waals surface area (Å²) >= 11 is 2.93. The van der Waals surface area contributed by atoms with Crippen molar-refractivity contribution in [1.29, 1.82) is 0 Å². The molecule has 0 saturated heterocycles. The first-order chi connectivity index (χ1) is 8.69. The van der Waals surface area contributed by atoms with Gasteiger partial charge in [0.1, 0.15) is 5.82 Å². The predicted octanol–water partition coefficient (Wildman–Crippen LogP) is 2.90. The molecule has 3 N–H and O–H groups in total. The van der Waals surface area contributed by atoms with Crippen LogP contribution in [0.2, 0.25) is 0 Å². The number of carbonyl (C=O) groups is 1. The quantitative estimate of drug-likeness (QED) is 0.515. The third-order valence-electron chi connectivity index (χ3n) is 2.55. The Morgan fingerprint density at radius 1 is 1.56 bits per heavy atom. The number of thioether (sulfide) groups is 1. The normalized spacial score (nSPS) is 10.8. The van der Waals surface area contributed by atoms with Crippen LogP contribution in [0.4, 0.5) is 4.39 Å². The highest BCUT2D eigenvalue weighted by molar-refractivity contribution is 7.98. The standard InChI is InChI=1S/C12H13FN2OS2/c1-2-17-6-7-10-8(13)4-3-5-9(10)18-11(7)12(16)15-14/h3-5H,2,6,14H2,1H3,(H,15,16). The molecule has 0 aliphatic carbocycles. The summed E-state index contributed by atoms with van der Waals surface area (Å²) in [6.07, 6.45) is 0. The van der Waals surface area contributed by atoms with E-state index in [0.29, 0.717) is 16.0 Å². The molecule has 0 spiro atoms. The molecular formula is C12H13FN2OS2. The van der Waals surface area contributed by atoms with Crippen LogP contribution in [0.15, 0.2) is 18.2 Å². The zero-order chi connectivity index (χ0) is 13.1. The molecule has 2 rings (SSSR count). The van der Waals surface area contributed by atoms with Crippen LogP contribution in [0.25, 0.3) is 10.1 Å². The number of nitrogens with two attached hydrogens (primary N) is 1. The first-order valence-corrected chi connectivity index (χ1v) is 7.44. The number of amides is 1. The average molecular weight is 284 g/mol. The number of nitrogens with one attached hydrogen (secondary N) is 1. The summed E-state index contributed by atoms with van der Waals surface area (Å²) in [5, 5.41) is 0.544. The van der Waals surface area contributed by atoms with Gasteiger partial charge in [-0.25, -0.2) is 10.2 Å². The smallest absolute Gasteiger partial charge is 0.275 e. The molecule has 1 heterocycles. The Balaban J connectivity index is 2.62. The number of fused-ring (bicyclic) bond motifs is 1. The Kier molecular flexibility index (Phi) is 4.21. The van der Waals surface area contributed by atoms with Crippen LogP contribution in [0, 0.1) is 5.82 Å². The second-order valence-corrected chi connectivity index (χ2v) is 5.96. The van der Waals surface area contributed by atoms with E-state index in [4.69, 9.17) is 5.84 Å². The molecule has 1 aromatic carbocycles. The SMILES string of the molecule is CCSCc1c(C(=O)NN)sc2cccc(F)c12. The molecule has 0 atom stereocenters. The van der Waals surface area contributed by atoms with Crippen LogP contribution < -0.4 is 11.3 Å². The van der Waals surface area contributed by atoms with E-state index >= 15 is 0 Å². The number of carbonyl (C=O) groups excluding carboxylic acids is 1. The lowest BCUT2D eigenvalue weighted by atomic mass is 10.1. The lowest BCUT2D eigenvalue weighted by molar-refractivity contribution is 0.0957. The zero-order valence-electron chi connectivity index (χ0n) is 9.83. The van der Waals surface area contributed by atoms with Crippen molar-refractivity contribution < 1.29 is 9.18 Å². The average Bonchev–Trinajstić information content (AvgIpc) is 2.75. The van der Waals surface area contributed by atoms with Crippen molar-refractivity contribution >= 4 is 39.1 Å². The molecule has 0 unspecified atom stereocenters. The molecular weight excluding hydrogens is 271 g/mol. The van der Waals surface area contributed by atoms with Crippen LogP contribution in [0.5, 0.6) is 0 Å². The Hall–Kier alpha value is -1.11. The Bertz CT molecular complexity index is 583. The zero-order valence-corrected chi connectivity index (χ0v) is 11.5. The highest BCUT2D eigenvalue weighted by atomic mass is 32.2. The predicted molar refractivity (Wildman–Crippen MR) is 75.3 cm³/mol. The summed E-state index contributed by atoms with van der Waals surface area (Å²) in [6, 6.07) is 4.88. The molecule has 2 aromatic rings. The molecule has 0 radical (unpaired) electrons. The molecule has 18 heavy (non-hydrogen) atoms. The van der Waals surface area contributed by atoms with E-state index in [1.165, 1.54) is 17.4 Å². The van der Waals surface area contributed by atoms with Gasteiger partial charge in [0.2, 0.25) is 0 Å². The Morgan fingerprint density at radius 2 is 2.33 bits per heavy atom. The second kappa shape index (κ2) is 5.69. The fourth-order valence-electron chi connectivity index (χ4n) is 1.76. The first kappa shape index (κ1) is 13.3. The number of benzene rings is 1. The molecule has 3 nitrogen and oxygen atoms in total. The van der Waals surface area contributed by atoms with Crippen molar-refractivity contribution in [3.8, 4) is 0 Å². The highest BCUT2D eigenvalue weighted by Crippen LogP contribution is 2.35. The van der Waals surface area contributed by atoms with Crippen LogP contribution in [-0.4, -0.2) is 11.7 Å². The van der Waals surface area contributed by atoms with Crippen molar-refractivity contribution in [3.05, 3.63) is 34.5 Å². The number of hydrogen-bond donors (Lipinski definition) is 2. The monoisotopic (exact) mass is 284 g/mol. The van der Waals surface area contributed by atoms with Crippen LogP contribution in [0.3, 0.4) is 0 Å². The van der Waals surface area contributed by atoms with Gasteiger partial charge in [0.25, 0.3) is 5.91 Å². The van der Waals surface area contributed by atoms with Gasteiger partial charge in [-0.15, -0.1) is 11.3 Å². The maximum Gasteiger partial charge on any atom is 0.275 e. The van der Waals surface area contributed by atoms with Crippen molar-refractivity contribution in [2.24, 2.45) is 5.84 Å². The van der Waals surface area contributed by atoms with Gasteiger partial charge in [-0.2, -0.15) is 11.8 Å². The largest absolute Gasteiger partial charge is 0.289 e. The Morgan fingerprint density at radius 3 is 3.00 bits per heavy atom. The molecule has 0 fully saturated rings. The summed E-state index contributed by atoms with van der Waals surface area (Å²) in [6.45, 7) is 2.03. The van der Waals surface area contributed by atoms with E-state index in [2.05, 4.69) is 5.43 Å². The molecule has 6 heteroatoms. The molecule has 0 aliphatic rings. The summed E-state index contributed by atoms with van der Waals surface area (Å²) in [7, 11) is 0. The van der Waals surface area contributed by atoms with Crippen molar-refractivity contribution in [1.82, 2.24) is 5.43 Å². The topological polar surface area (TPSA) is 55.1 Å². The van der Waals surface area contributed by atoms with Crippen molar-refractivity contribution in [3.63, 3.8) is 0 Å².